The van der Waals surface area contributed by atoms with Crippen molar-refractivity contribution in [2.75, 3.05) is 0 Å². The average Bonchev–Trinajstić information content (AvgIpc) is 2.42. The highest BCUT2D eigenvalue weighted by Crippen LogP contribution is 2.28. The molecule has 2 N–H and O–H groups in total. The number of ether oxygens (including phenoxy) is 1. The Morgan fingerprint density at radius 2 is 1.70 bits per heavy atom. The lowest BCUT2D eigenvalue weighted by Gasteiger charge is -2.10. The van der Waals surface area contributed by atoms with Crippen LogP contribution in [0.2, 0.25) is 0 Å². The predicted molar refractivity (Wildman–Crippen MR) is 70.2 cm³/mol. The molecule has 0 spiro atoms. The van der Waals surface area contributed by atoms with E-state index in [0.717, 1.165) is 6.07 Å². The van der Waals surface area contributed by atoms with E-state index in [0.29, 0.717) is 5.56 Å². The van der Waals surface area contributed by atoms with Gasteiger partial charge in [-0.05, 0) is 42.8 Å². The molecule has 0 unspecified atom stereocenters. The zero-order valence-corrected chi connectivity index (χ0v) is 10.7. The van der Waals surface area contributed by atoms with Crippen LogP contribution in [0.1, 0.15) is 24.1 Å². The third-order valence-electron chi connectivity index (χ3n) is 2.76. The van der Waals surface area contributed by atoms with E-state index in [4.69, 9.17) is 15.7 Å². The van der Waals surface area contributed by atoms with Gasteiger partial charge in [0.1, 0.15) is 0 Å². The van der Waals surface area contributed by atoms with E-state index in [1.165, 1.54) is 24.3 Å². The Morgan fingerprint density at radius 1 is 1.10 bits per heavy atom. The van der Waals surface area contributed by atoms with E-state index in [9.17, 15) is 8.78 Å². The van der Waals surface area contributed by atoms with Crippen LogP contribution >= 0.6 is 0 Å². The topological polar surface area (TPSA) is 59.0 Å². The fourth-order valence-corrected chi connectivity index (χ4v) is 1.65. The van der Waals surface area contributed by atoms with Crippen molar-refractivity contribution in [3.63, 3.8) is 0 Å². The zero-order valence-electron chi connectivity index (χ0n) is 10.7. The molecule has 3 nitrogen and oxygen atoms in total. The molecule has 0 aromatic heterocycles. The second-order valence-electron chi connectivity index (χ2n) is 4.34. The summed E-state index contributed by atoms with van der Waals surface area (Å²) in [5.74, 6) is -1.59. The largest absolute Gasteiger partial charge is 0.451 e. The van der Waals surface area contributed by atoms with Gasteiger partial charge >= 0.3 is 0 Å². The lowest BCUT2D eigenvalue weighted by Crippen LogP contribution is -2.05. The average molecular weight is 274 g/mol. The highest BCUT2D eigenvalue weighted by Gasteiger charge is 2.11. The molecule has 20 heavy (non-hydrogen) atoms. The molecule has 2 aromatic carbocycles. The fraction of sp³-hybridized carbons (Fsp3) is 0.133. The summed E-state index contributed by atoms with van der Waals surface area (Å²) in [5.41, 5.74) is 6.43. The fourth-order valence-electron chi connectivity index (χ4n) is 1.65. The van der Waals surface area contributed by atoms with Gasteiger partial charge in [-0.2, -0.15) is 5.26 Å². The second-order valence-corrected chi connectivity index (χ2v) is 4.34. The first kappa shape index (κ1) is 14.0. The highest BCUT2D eigenvalue weighted by molar-refractivity contribution is 5.39. The first-order valence-corrected chi connectivity index (χ1v) is 5.94. The summed E-state index contributed by atoms with van der Waals surface area (Å²) >= 11 is 0. The van der Waals surface area contributed by atoms with Crippen LogP contribution in [0.5, 0.6) is 11.5 Å². The van der Waals surface area contributed by atoms with Crippen molar-refractivity contribution in [3.05, 3.63) is 59.2 Å². The Morgan fingerprint density at radius 3 is 2.20 bits per heavy atom. The molecular formula is C15H12F2N2O. The Balaban J connectivity index is 2.29. The van der Waals surface area contributed by atoms with Crippen molar-refractivity contribution in [1.29, 1.82) is 5.26 Å². The van der Waals surface area contributed by atoms with Crippen LogP contribution in [0.15, 0.2) is 36.4 Å². The predicted octanol–water partition coefficient (Wildman–Crippen LogP) is 3.65. The molecule has 1 atom stereocenters. The van der Waals surface area contributed by atoms with Crippen molar-refractivity contribution < 1.29 is 13.5 Å². The molecule has 2 aromatic rings. The lowest BCUT2D eigenvalue weighted by atomic mass is 10.1. The van der Waals surface area contributed by atoms with Crippen LogP contribution in [-0.4, -0.2) is 0 Å². The number of hydrogen-bond acceptors (Lipinski definition) is 3. The summed E-state index contributed by atoms with van der Waals surface area (Å²) in [6, 6.07) is 9.48. The minimum absolute atomic E-state index is 0.0991. The summed E-state index contributed by atoms with van der Waals surface area (Å²) in [6.45, 7) is 1.73. The summed E-state index contributed by atoms with van der Waals surface area (Å²) < 4.78 is 32.6. The number of hydrogen-bond donors (Lipinski definition) is 1. The van der Waals surface area contributed by atoms with E-state index in [1.54, 1.807) is 19.1 Å². The first-order chi connectivity index (χ1) is 9.51. The molecule has 0 aliphatic rings. The smallest absolute Gasteiger partial charge is 0.167 e. The van der Waals surface area contributed by atoms with Gasteiger partial charge in [-0.15, -0.1) is 0 Å². The maximum absolute atomic E-state index is 13.8. The molecule has 0 saturated carbocycles. The standard InChI is InChI=1S/C15H12F2N2O/c1-9(19)11-3-5-15(13(17)7-11)20-14-4-2-10(8-18)6-12(14)16/h2-7,9H,19H2,1H3/t9-/m1/s1. The molecule has 0 amide bonds. The third kappa shape index (κ3) is 2.92. The molecule has 102 valence electrons. The number of nitrogens with two attached hydrogens (primary N) is 1. The Hall–Kier alpha value is -2.45. The van der Waals surface area contributed by atoms with Crippen LogP contribution in [0.3, 0.4) is 0 Å². The van der Waals surface area contributed by atoms with Crippen molar-refractivity contribution >= 4 is 0 Å². The van der Waals surface area contributed by atoms with E-state index < -0.39 is 11.6 Å². The molecule has 0 bridgehead atoms. The summed E-state index contributed by atoms with van der Waals surface area (Å²) in [6.07, 6.45) is 0. The third-order valence-corrected chi connectivity index (χ3v) is 2.76. The number of nitrogens with zero attached hydrogens (tertiary/aromatic N) is 1. The van der Waals surface area contributed by atoms with Gasteiger partial charge in [0.25, 0.3) is 0 Å². The number of rotatable bonds is 3. The van der Waals surface area contributed by atoms with E-state index in [1.807, 2.05) is 0 Å². The van der Waals surface area contributed by atoms with Gasteiger partial charge < -0.3 is 10.5 Å². The number of benzene rings is 2. The number of nitriles is 1. The molecule has 0 aliphatic heterocycles. The SMILES string of the molecule is C[C@@H](N)c1ccc(Oc2ccc(C#N)cc2F)c(F)c1. The quantitative estimate of drug-likeness (QED) is 0.929. The van der Waals surface area contributed by atoms with Crippen molar-refractivity contribution in [1.82, 2.24) is 0 Å². The molecule has 0 fully saturated rings. The van der Waals surface area contributed by atoms with Crippen LogP contribution in [0, 0.1) is 23.0 Å². The first-order valence-electron chi connectivity index (χ1n) is 5.94. The Labute approximate surface area is 115 Å². The van der Waals surface area contributed by atoms with Gasteiger partial charge in [-0.3, -0.25) is 0 Å². The van der Waals surface area contributed by atoms with Crippen molar-refractivity contribution in [2.45, 2.75) is 13.0 Å². The monoisotopic (exact) mass is 274 g/mol. The molecule has 0 aliphatic carbocycles. The van der Waals surface area contributed by atoms with E-state index in [-0.39, 0.29) is 23.1 Å². The normalized spacial score (nSPS) is 11.8. The summed E-state index contributed by atoms with van der Waals surface area (Å²) in [4.78, 5) is 0. The maximum atomic E-state index is 13.8. The molecule has 0 heterocycles. The van der Waals surface area contributed by atoms with Crippen LogP contribution < -0.4 is 10.5 Å². The summed E-state index contributed by atoms with van der Waals surface area (Å²) in [7, 11) is 0. The Kier molecular flexibility index (Phi) is 3.97. The van der Waals surface area contributed by atoms with Crippen molar-refractivity contribution in [2.24, 2.45) is 5.73 Å². The van der Waals surface area contributed by atoms with Crippen molar-refractivity contribution in [3.8, 4) is 17.6 Å². The number of halogens is 2. The minimum atomic E-state index is -0.722. The molecule has 0 radical (unpaired) electrons. The lowest BCUT2D eigenvalue weighted by molar-refractivity contribution is 0.414. The van der Waals surface area contributed by atoms with Gasteiger partial charge in [0.05, 0.1) is 11.6 Å². The van der Waals surface area contributed by atoms with Crippen LogP contribution in [-0.2, 0) is 0 Å². The molecule has 2 rings (SSSR count). The minimum Gasteiger partial charge on any atom is -0.451 e. The molecule has 0 saturated heterocycles. The van der Waals surface area contributed by atoms with Gasteiger partial charge in [-0.1, -0.05) is 6.07 Å². The molecule has 5 heteroatoms. The zero-order chi connectivity index (χ0) is 14.7. The van der Waals surface area contributed by atoms with E-state index in [2.05, 4.69) is 0 Å². The summed E-state index contributed by atoms with van der Waals surface area (Å²) in [5, 5.41) is 8.64. The maximum Gasteiger partial charge on any atom is 0.167 e. The highest BCUT2D eigenvalue weighted by atomic mass is 19.1. The van der Waals surface area contributed by atoms with Gasteiger partial charge in [0.15, 0.2) is 23.1 Å². The molecular weight excluding hydrogens is 262 g/mol. The van der Waals surface area contributed by atoms with Gasteiger partial charge in [0, 0.05) is 6.04 Å². The van der Waals surface area contributed by atoms with Gasteiger partial charge in [0.2, 0.25) is 0 Å². The second kappa shape index (κ2) is 5.68. The van der Waals surface area contributed by atoms with Crippen LogP contribution in [0.25, 0.3) is 0 Å². The Bertz CT molecular complexity index is 678. The van der Waals surface area contributed by atoms with E-state index >= 15 is 0 Å². The van der Waals surface area contributed by atoms with Crippen LogP contribution in [0.4, 0.5) is 8.78 Å². The van der Waals surface area contributed by atoms with Gasteiger partial charge in [-0.25, -0.2) is 8.78 Å².